The van der Waals surface area contributed by atoms with E-state index in [0.717, 1.165) is 26.7 Å². The van der Waals surface area contributed by atoms with Gasteiger partial charge in [-0.25, -0.2) is 9.97 Å². The van der Waals surface area contributed by atoms with Crippen molar-refractivity contribution in [1.82, 2.24) is 20.2 Å². The lowest BCUT2D eigenvalue weighted by Gasteiger charge is -2.13. The second kappa shape index (κ2) is 7.76. The third-order valence-corrected chi connectivity index (χ3v) is 7.31. The highest BCUT2D eigenvalue weighted by Crippen LogP contribution is 2.36. The Bertz CT molecular complexity index is 904. The number of thioether (sulfide) groups is 1. The molecule has 0 saturated carbocycles. The number of rotatable bonds is 6. The molecule has 132 valence electrons. The number of carbonyl (C=O) groups excluding carboxylic acids is 1. The summed E-state index contributed by atoms with van der Waals surface area (Å²) in [5, 5.41) is 14.1. The van der Waals surface area contributed by atoms with Crippen molar-refractivity contribution in [3.63, 3.8) is 0 Å². The molecule has 6 nitrogen and oxygen atoms in total. The highest BCUT2D eigenvalue weighted by molar-refractivity contribution is 8.00. The zero-order valence-electron chi connectivity index (χ0n) is 14.5. The molecule has 0 aliphatic heterocycles. The first kappa shape index (κ1) is 18.2. The summed E-state index contributed by atoms with van der Waals surface area (Å²) in [5.74, 6) is -0.0670. The van der Waals surface area contributed by atoms with E-state index >= 15 is 0 Å². The van der Waals surface area contributed by atoms with Crippen molar-refractivity contribution in [2.75, 3.05) is 5.32 Å². The van der Waals surface area contributed by atoms with Crippen LogP contribution in [-0.2, 0) is 11.2 Å². The summed E-state index contributed by atoms with van der Waals surface area (Å²) in [6, 6.07) is 0. The summed E-state index contributed by atoms with van der Waals surface area (Å²) in [6.07, 6.45) is 3.09. The fourth-order valence-electron chi connectivity index (χ4n) is 2.33. The number of fused-ring (bicyclic) bond motifs is 1. The van der Waals surface area contributed by atoms with Crippen LogP contribution in [0.3, 0.4) is 0 Å². The van der Waals surface area contributed by atoms with Gasteiger partial charge in [-0.05, 0) is 32.3 Å². The molecule has 0 aromatic carbocycles. The number of hydrogen-bond donors (Lipinski definition) is 1. The molecule has 3 heterocycles. The van der Waals surface area contributed by atoms with Gasteiger partial charge in [0.25, 0.3) is 0 Å². The second-order valence-corrected chi connectivity index (χ2v) is 8.96. The van der Waals surface area contributed by atoms with Gasteiger partial charge in [0.1, 0.15) is 21.2 Å². The van der Waals surface area contributed by atoms with Crippen molar-refractivity contribution in [2.24, 2.45) is 0 Å². The van der Waals surface area contributed by atoms with E-state index in [0.29, 0.717) is 11.6 Å². The molecule has 0 bridgehead atoms. The zero-order valence-corrected chi connectivity index (χ0v) is 16.9. The zero-order chi connectivity index (χ0) is 18.0. The van der Waals surface area contributed by atoms with Crippen molar-refractivity contribution in [3.8, 4) is 0 Å². The van der Waals surface area contributed by atoms with Crippen molar-refractivity contribution >= 4 is 55.7 Å². The summed E-state index contributed by atoms with van der Waals surface area (Å²) in [6.45, 7) is 8.18. The average Bonchev–Trinajstić information content (AvgIpc) is 3.17. The van der Waals surface area contributed by atoms with Crippen molar-refractivity contribution in [3.05, 3.63) is 21.8 Å². The Morgan fingerprint density at radius 1 is 1.24 bits per heavy atom. The maximum Gasteiger partial charge on any atom is 0.239 e. The fraction of sp³-hybridized carbons (Fsp3) is 0.438. The predicted octanol–water partition coefficient (Wildman–Crippen LogP) is 4.23. The lowest BCUT2D eigenvalue weighted by atomic mass is 10.2. The van der Waals surface area contributed by atoms with Crippen LogP contribution in [0.5, 0.6) is 0 Å². The van der Waals surface area contributed by atoms with Crippen LogP contribution in [0.15, 0.2) is 11.4 Å². The Kier molecular flexibility index (Phi) is 5.65. The molecule has 0 aliphatic carbocycles. The van der Waals surface area contributed by atoms with Gasteiger partial charge in [0, 0.05) is 10.3 Å². The lowest BCUT2D eigenvalue weighted by Crippen LogP contribution is -2.24. The minimum atomic E-state index is -0.244. The molecule has 1 amide bonds. The van der Waals surface area contributed by atoms with Crippen molar-refractivity contribution in [2.45, 2.75) is 50.8 Å². The standard InChI is InChI=1S/C16H19N5OS3/c1-5-10(13(22)19-16-21-20-11(6-2)25-16)24-15-12-8(3)9(4)23-14(12)17-7-18-15/h7,10H,5-6H2,1-4H3,(H,19,21,22). The third kappa shape index (κ3) is 3.83. The van der Waals surface area contributed by atoms with Crippen LogP contribution in [0.25, 0.3) is 10.2 Å². The summed E-state index contributed by atoms with van der Waals surface area (Å²) < 4.78 is 0. The van der Waals surface area contributed by atoms with Gasteiger partial charge in [-0.15, -0.1) is 21.5 Å². The van der Waals surface area contributed by atoms with E-state index in [9.17, 15) is 4.79 Å². The number of carbonyl (C=O) groups is 1. The molecule has 3 aromatic rings. The van der Waals surface area contributed by atoms with Crippen LogP contribution in [0.4, 0.5) is 5.13 Å². The molecular formula is C16H19N5OS3. The second-order valence-electron chi connectivity index (χ2n) is 5.50. The molecule has 0 aliphatic rings. The number of amides is 1. The van der Waals surface area contributed by atoms with E-state index in [1.807, 2.05) is 13.8 Å². The van der Waals surface area contributed by atoms with Gasteiger partial charge < -0.3 is 0 Å². The van der Waals surface area contributed by atoms with Crippen molar-refractivity contribution in [1.29, 1.82) is 0 Å². The van der Waals surface area contributed by atoms with Crippen LogP contribution in [-0.4, -0.2) is 31.3 Å². The van der Waals surface area contributed by atoms with Gasteiger partial charge in [-0.3, -0.25) is 10.1 Å². The van der Waals surface area contributed by atoms with E-state index in [1.165, 1.54) is 33.5 Å². The molecule has 0 radical (unpaired) electrons. The van der Waals surface area contributed by atoms with Crippen LogP contribution < -0.4 is 5.32 Å². The topological polar surface area (TPSA) is 80.7 Å². The Balaban J connectivity index is 1.81. The number of thiophene rings is 1. The maximum atomic E-state index is 12.6. The van der Waals surface area contributed by atoms with Crippen LogP contribution in [0.2, 0.25) is 0 Å². The number of hydrogen-bond acceptors (Lipinski definition) is 8. The van der Waals surface area contributed by atoms with Gasteiger partial charge in [-0.2, -0.15) is 0 Å². The summed E-state index contributed by atoms with van der Waals surface area (Å²) in [7, 11) is 0. The number of aromatic nitrogens is 4. The molecular weight excluding hydrogens is 374 g/mol. The first-order valence-corrected chi connectivity index (χ1v) is 10.5. The van der Waals surface area contributed by atoms with Gasteiger partial charge in [0.15, 0.2) is 0 Å². The first-order valence-electron chi connectivity index (χ1n) is 8.04. The van der Waals surface area contributed by atoms with Gasteiger partial charge >= 0.3 is 0 Å². The smallest absolute Gasteiger partial charge is 0.239 e. The van der Waals surface area contributed by atoms with Gasteiger partial charge in [-0.1, -0.05) is 36.9 Å². The number of nitrogens with zero attached hydrogens (tertiary/aromatic N) is 4. The number of aryl methyl sites for hydroxylation is 3. The molecule has 3 rings (SSSR count). The quantitative estimate of drug-likeness (QED) is 0.498. The van der Waals surface area contributed by atoms with E-state index in [2.05, 4.69) is 39.3 Å². The molecule has 0 fully saturated rings. The van der Waals surface area contributed by atoms with E-state index in [-0.39, 0.29) is 11.2 Å². The molecule has 1 atom stereocenters. The molecule has 3 aromatic heterocycles. The lowest BCUT2D eigenvalue weighted by molar-refractivity contribution is -0.115. The van der Waals surface area contributed by atoms with Crippen molar-refractivity contribution < 1.29 is 4.79 Å². The fourth-order valence-corrected chi connectivity index (χ4v) is 5.15. The maximum absolute atomic E-state index is 12.6. The minimum absolute atomic E-state index is 0.0670. The Morgan fingerprint density at radius 3 is 2.72 bits per heavy atom. The third-order valence-electron chi connectivity index (χ3n) is 3.85. The summed E-state index contributed by atoms with van der Waals surface area (Å²) >= 11 is 4.56. The highest BCUT2D eigenvalue weighted by atomic mass is 32.2. The van der Waals surface area contributed by atoms with Crippen LogP contribution in [0, 0.1) is 13.8 Å². The molecule has 25 heavy (non-hydrogen) atoms. The monoisotopic (exact) mass is 393 g/mol. The largest absolute Gasteiger partial charge is 0.300 e. The van der Waals surface area contributed by atoms with Gasteiger partial charge in [0.05, 0.1) is 5.25 Å². The number of nitrogens with one attached hydrogen (secondary N) is 1. The Hall–Kier alpha value is -1.58. The van der Waals surface area contributed by atoms with E-state index in [4.69, 9.17) is 0 Å². The Labute approximate surface area is 158 Å². The van der Waals surface area contributed by atoms with Crippen LogP contribution in [0.1, 0.15) is 35.7 Å². The minimum Gasteiger partial charge on any atom is -0.300 e. The predicted molar refractivity (Wildman–Crippen MR) is 105 cm³/mol. The molecule has 0 spiro atoms. The average molecular weight is 394 g/mol. The van der Waals surface area contributed by atoms with E-state index < -0.39 is 0 Å². The number of anilines is 1. The van der Waals surface area contributed by atoms with E-state index in [1.54, 1.807) is 17.7 Å². The SMILES string of the molecule is CCc1nnc(NC(=O)C(CC)Sc2ncnc3sc(C)c(C)c23)s1. The van der Waals surface area contributed by atoms with Gasteiger partial charge in [0.2, 0.25) is 11.0 Å². The Morgan fingerprint density at radius 2 is 2.04 bits per heavy atom. The first-order chi connectivity index (χ1) is 12.0. The molecule has 9 heteroatoms. The molecule has 1 N–H and O–H groups in total. The van der Waals surface area contributed by atoms with Crippen LogP contribution >= 0.6 is 34.4 Å². The molecule has 0 saturated heterocycles. The summed E-state index contributed by atoms with van der Waals surface area (Å²) in [4.78, 5) is 23.6. The summed E-state index contributed by atoms with van der Waals surface area (Å²) in [5.41, 5.74) is 1.19. The molecule has 1 unspecified atom stereocenters. The highest BCUT2D eigenvalue weighted by Gasteiger charge is 2.22. The normalized spacial score (nSPS) is 12.5.